The van der Waals surface area contributed by atoms with E-state index >= 15 is 0 Å². The molecule has 1 aliphatic rings. The molecular weight excluding hydrogens is 276 g/mol. The van der Waals surface area contributed by atoms with Crippen LogP contribution in [0.25, 0.3) is 0 Å². The highest BCUT2D eigenvalue weighted by molar-refractivity contribution is 5.44. The lowest BCUT2D eigenvalue weighted by atomic mass is 10.0. The number of anilines is 2. The van der Waals surface area contributed by atoms with Gasteiger partial charge in [-0.25, -0.2) is 4.98 Å². The zero-order valence-electron chi connectivity index (χ0n) is 13.4. The molecule has 0 aromatic carbocycles. The number of piperidine rings is 1. The Balaban J connectivity index is 1.76. The molecule has 118 valence electrons. The van der Waals surface area contributed by atoms with E-state index in [9.17, 15) is 0 Å². The summed E-state index contributed by atoms with van der Waals surface area (Å²) < 4.78 is 5.35. The van der Waals surface area contributed by atoms with E-state index in [1.54, 1.807) is 6.26 Å². The molecule has 1 atom stereocenters. The van der Waals surface area contributed by atoms with Crippen molar-refractivity contribution < 1.29 is 4.42 Å². The molecule has 1 fully saturated rings. The summed E-state index contributed by atoms with van der Waals surface area (Å²) in [6, 6.07) is 6.40. The van der Waals surface area contributed by atoms with E-state index in [1.807, 2.05) is 25.1 Å². The predicted molar refractivity (Wildman–Crippen MR) is 88.1 cm³/mol. The van der Waals surface area contributed by atoms with Gasteiger partial charge in [-0.1, -0.05) is 6.92 Å². The molecule has 5 nitrogen and oxygen atoms in total. The minimum Gasteiger partial charge on any atom is -0.467 e. The van der Waals surface area contributed by atoms with Gasteiger partial charge in [-0.3, -0.25) is 0 Å². The maximum absolute atomic E-state index is 5.35. The van der Waals surface area contributed by atoms with E-state index in [0.29, 0.717) is 12.6 Å². The van der Waals surface area contributed by atoms with Crippen molar-refractivity contribution in [1.29, 1.82) is 0 Å². The molecule has 0 bridgehead atoms. The second-order valence-electron chi connectivity index (χ2n) is 5.88. The number of hydrogen-bond acceptors (Lipinski definition) is 5. The van der Waals surface area contributed by atoms with Gasteiger partial charge >= 0.3 is 0 Å². The molecule has 1 saturated heterocycles. The number of aryl methyl sites for hydroxylation is 1. The maximum Gasteiger partial charge on any atom is 0.227 e. The summed E-state index contributed by atoms with van der Waals surface area (Å²) in [5, 5.41) is 3.33. The van der Waals surface area contributed by atoms with Gasteiger partial charge in [0.05, 0.1) is 12.8 Å². The summed E-state index contributed by atoms with van der Waals surface area (Å²) in [6.07, 6.45) is 6.61. The highest BCUT2D eigenvalue weighted by Crippen LogP contribution is 2.25. The first-order valence-corrected chi connectivity index (χ1v) is 8.15. The molecule has 0 aliphatic carbocycles. The second kappa shape index (κ2) is 6.81. The first-order valence-electron chi connectivity index (χ1n) is 8.15. The van der Waals surface area contributed by atoms with E-state index in [4.69, 9.17) is 9.40 Å². The molecule has 1 aliphatic heterocycles. The highest BCUT2D eigenvalue weighted by Gasteiger charge is 2.23. The molecule has 5 heteroatoms. The molecule has 0 spiro atoms. The van der Waals surface area contributed by atoms with Crippen LogP contribution in [0.2, 0.25) is 0 Å². The molecule has 3 heterocycles. The summed E-state index contributed by atoms with van der Waals surface area (Å²) >= 11 is 0. The zero-order valence-corrected chi connectivity index (χ0v) is 13.4. The Labute approximate surface area is 131 Å². The molecule has 0 amide bonds. The molecule has 1 N–H and O–H groups in total. The van der Waals surface area contributed by atoms with Gasteiger partial charge in [0.15, 0.2) is 0 Å². The first kappa shape index (κ1) is 14.9. The molecular formula is C17H24N4O. The minimum atomic E-state index is 0.563. The number of aromatic nitrogens is 2. The Morgan fingerprint density at radius 1 is 1.36 bits per heavy atom. The highest BCUT2D eigenvalue weighted by atomic mass is 16.3. The second-order valence-corrected chi connectivity index (χ2v) is 5.88. The van der Waals surface area contributed by atoms with Gasteiger partial charge in [-0.15, -0.1) is 0 Å². The summed E-state index contributed by atoms with van der Waals surface area (Å²) in [5.41, 5.74) is 0.993. The van der Waals surface area contributed by atoms with Gasteiger partial charge in [-0.05, 0) is 44.7 Å². The Bertz CT molecular complexity index is 597. The molecule has 0 saturated carbocycles. The van der Waals surface area contributed by atoms with Crippen molar-refractivity contribution in [3.63, 3.8) is 0 Å². The number of nitrogens with zero attached hydrogens (tertiary/aromatic N) is 3. The maximum atomic E-state index is 5.35. The van der Waals surface area contributed by atoms with E-state index in [-0.39, 0.29) is 0 Å². The summed E-state index contributed by atoms with van der Waals surface area (Å²) in [7, 11) is 0. The van der Waals surface area contributed by atoms with Crippen LogP contribution in [0.5, 0.6) is 0 Å². The molecule has 22 heavy (non-hydrogen) atoms. The van der Waals surface area contributed by atoms with Gasteiger partial charge in [-0.2, -0.15) is 4.98 Å². The average Bonchev–Trinajstić information content (AvgIpc) is 3.06. The molecule has 1 unspecified atom stereocenters. The van der Waals surface area contributed by atoms with Crippen molar-refractivity contribution in [3.8, 4) is 0 Å². The lowest BCUT2D eigenvalue weighted by Gasteiger charge is -2.35. The Morgan fingerprint density at radius 3 is 3.05 bits per heavy atom. The van der Waals surface area contributed by atoms with Crippen LogP contribution in [0.15, 0.2) is 28.9 Å². The normalized spacial score (nSPS) is 18.5. The first-order chi connectivity index (χ1) is 10.8. The topological polar surface area (TPSA) is 54.2 Å². The fraction of sp³-hybridized carbons (Fsp3) is 0.529. The largest absolute Gasteiger partial charge is 0.467 e. The molecule has 0 radical (unpaired) electrons. The van der Waals surface area contributed by atoms with Gasteiger partial charge in [0.1, 0.15) is 11.6 Å². The monoisotopic (exact) mass is 300 g/mol. The summed E-state index contributed by atoms with van der Waals surface area (Å²) in [5.74, 6) is 2.62. The standard InChI is InChI=1S/C17H24N4O/c1-3-14-7-4-5-9-21(14)17-19-13(2)11-16(20-17)18-12-15-8-6-10-22-15/h6,8,10-11,14H,3-5,7,9,12H2,1-2H3,(H,18,19,20). The van der Waals surface area contributed by atoms with Crippen LogP contribution in [0, 0.1) is 6.92 Å². The molecule has 2 aromatic rings. The SMILES string of the molecule is CCC1CCCCN1c1nc(C)cc(NCc2ccco2)n1. The van der Waals surface area contributed by atoms with Crippen LogP contribution in [-0.4, -0.2) is 22.6 Å². The van der Waals surface area contributed by atoms with Crippen molar-refractivity contribution in [2.24, 2.45) is 0 Å². The van der Waals surface area contributed by atoms with E-state index in [1.165, 1.54) is 19.3 Å². The number of rotatable bonds is 5. The van der Waals surface area contributed by atoms with Crippen molar-refractivity contribution in [2.75, 3.05) is 16.8 Å². The van der Waals surface area contributed by atoms with Gasteiger partial charge in [0, 0.05) is 24.3 Å². The number of nitrogens with one attached hydrogen (secondary N) is 1. The predicted octanol–water partition coefficient (Wildman–Crippen LogP) is 3.76. The van der Waals surface area contributed by atoms with E-state index < -0.39 is 0 Å². The van der Waals surface area contributed by atoms with Gasteiger partial charge < -0.3 is 14.6 Å². The van der Waals surface area contributed by atoms with Crippen molar-refractivity contribution in [3.05, 3.63) is 35.9 Å². The average molecular weight is 300 g/mol. The van der Waals surface area contributed by atoms with Crippen LogP contribution in [-0.2, 0) is 6.54 Å². The quantitative estimate of drug-likeness (QED) is 0.911. The van der Waals surface area contributed by atoms with E-state index in [0.717, 1.165) is 36.2 Å². The van der Waals surface area contributed by atoms with Crippen molar-refractivity contribution in [2.45, 2.75) is 52.1 Å². The molecule has 2 aromatic heterocycles. The zero-order chi connectivity index (χ0) is 15.4. The van der Waals surface area contributed by atoms with Crippen LogP contribution in [0.4, 0.5) is 11.8 Å². The summed E-state index contributed by atoms with van der Waals surface area (Å²) in [6.45, 7) is 5.96. The molecule has 3 rings (SSSR count). The number of furan rings is 1. The fourth-order valence-electron chi connectivity index (χ4n) is 3.05. The Kier molecular flexibility index (Phi) is 4.61. The van der Waals surface area contributed by atoms with Gasteiger partial charge in [0.2, 0.25) is 5.95 Å². The Hall–Kier alpha value is -2.04. The number of hydrogen-bond donors (Lipinski definition) is 1. The minimum absolute atomic E-state index is 0.563. The van der Waals surface area contributed by atoms with Gasteiger partial charge in [0.25, 0.3) is 0 Å². The van der Waals surface area contributed by atoms with Crippen LogP contribution >= 0.6 is 0 Å². The van der Waals surface area contributed by atoms with Crippen LogP contribution in [0.3, 0.4) is 0 Å². The van der Waals surface area contributed by atoms with Crippen LogP contribution < -0.4 is 10.2 Å². The third kappa shape index (κ3) is 3.40. The third-order valence-corrected chi connectivity index (χ3v) is 4.22. The lowest BCUT2D eigenvalue weighted by Crippen LogP contribution is -2.40. The lowest BCUT2D eigenvalue weighted by molar-refractivity contribution is 0.443. The van der Waals surface area contributed by atoms with E-state index in [2.05, 4.69) is 22.1 Å². The van der Waals surface area contributed by atoms with Crippen molar-refractivity contribution in [1.82, 2.24) is 9.97 Å². The summed E-state index contributed by atoms with van der Waals surface area (Å²) in [4.78, 5) is 11.7. The van der Waals surface area contributed by atoms with Crippen molar-refractivity contribution >= 4 is 11.8 Å². The Morgan fingerprint density at radius 2 is 2.27 bits per heavy atom. The third-order valence-electron chi connectivity index (χ3n) is 4.22. The fourth-order valence-corrected chi connectivity index (χ4v) is 3.05. The van der Waals surface area contributed by atoms with Crippen LogP contribution in [0.1, 0.15) is 44.1 Å². The smallest absolute Gasteiger partial charge is 0.227 e.